The van der Waals surface area contributed by atoms with E-state index in [1.165, 1.54) is 5.69 Å². The van der Waals surface area contributed by atoms with Gasteiger partial charge in [0.2, 0.25) is 0 Å². The SMILES string of the molecule is COc1ccc(N2CCN(CCCN=C3NC(=S)N=C4C=CC=CC43)CC2)cc1. The lowest BCUT2D eigenvalue weighted by Gasteiger charge is -2.36. The van der Waals surface area contributed by atoms with Crippen molar-refractivity contribution >= 4 is 34.6 Å². The van der Waals surface area contributed by atoms with Gasteiger partial charge in [0, 0.05) is 45.0 Å². The van der Waals surface area contributed by atoms with Gasteiger partial charge in [0.25, 0.3) is 0 Å². The molecule has 1 aromatic rings. The zero-order valence-electron chi connectivity index (χ0n) is 16.8. The second-order valence-electron chi connectivity index (χ2n) is 7.34. The number of rotatable bonds is 6. The second-order valence-corrected chi connectivity index (χ2v) is 7.72. The van der Waals surface area contributed by atoms with Crippen molar-refractivity contribution in [1.29, 1.82) is 0 Å². The van der Waals surface area contributed by atoms with E-state index in [0.29, 0.717) is 5.11 Å². The molecule has 1 fully saturated rings. The highest BCUT2D eigenvalue weighted by atomic mass is 32.1. The number of allylic oxidation sites excluding steroid dienone is 3. The van der Waals surface area contributed by atoms with E-state index < -0.39 is 0 Å². The number of hydrogen-bond acceptors (Lipinski definition) is 5. The summed E-state index contributed by atoms with van der Waals surface area (Å²) in [5.74, 6) is 1.94. The molecule has 3 aliphatic rings. The van der Waals surface area contributed by atoms with Crippen molar-refractivity contribution in [3.63, 3.8) is 0 Å². The van der Waals surface area contributed by atoms with Crippen LogP contribution >= 0.6 is 12.2 Å². The topological polar surface area (TPSA) is 52.5 Å². The van der Waals surface area contributed by atoms with Crippen molar-refractivity contribution in [2.45, 2.75) is 6.42 Å². The van der Waals surface area contributed by atoms with Gasteiger partial charge in [-0.05, 0) is 49.0 Å². The fourth-order valence-corrected chi connectivity index (χ4v) is 4.07. The first-order valence-corrected chi connectivity index (χ1v) is 10.5. The molecule has 0 aromatic heterocycles. The summed E-state index contributed by atoms with van der Waals surface area (Å²) < 4.78 is 5.24. The van der Waals surface area contributed by atoms with E-state index >= 15 is 0 Å². The molecule has 2 heterocycles. The minimum absolute atomic E-state index is 0.111. The van der Waals surface area contributed by atoms with Crippen LogP contribution < -0.4 is 15.0 Å². The van der Waals surface area contributed by atoms with E-state index in [2.05, 4.69) is 38.3 Å². The van der Waals surface area contributed by atoms with Gasteiger partial charge in [-0.1, -0.05) is 18.2 Å². The van der Waals surface area contributed by atoms with Gasteiger partial charge in [-0.25, -0.2) is 4.99 Å². The molecule has 7 heteroatoms. The number of nitrogens with one attached hydrogen (secondary N) is 1. The van der Waals surface area contributed by atoms with Gasteiger partial charge in [0.15, 0.2) is 5.11 Å². The minimum atomic E-state index is 0.111. The molecule has 6 nitrogen and oxygen atoms in total. The van der Waals surface area contributed by atoms with Gasteiger partial charge in [0.1, 0.15) is 11.6 Å². The van der Waals surface area contributed by atoms with Gasteiger partial charge >= 0.3 is 0 Å². The fourth-order valence-electron chi connectivity index (χ4n) is 3.86. The normalized spacial score (nSPS) is 23.0. The lowest BCUT2D eigenvalue weighted by atomic mass is 9.96. The summed E-state index contributed by atoms with van der Waals surface area (Å²) in [5.41, 5.74) is 2.24. The van der Waals surface area contributed by atoms with Crippen molar-refractivity contribution < 1.29 is 4.74 Å². The van der Waals surface area contributed by atoms with Crippen LogP contribution in [0.3, 0.4) is 0 Å². The average Bonchev–Trinajstić information content (AvgIpc) is 2.77. The number of nitrogens with zero attached hydrogens (tertiary/aromatic N) is 4. The van der Waals surface area contributed by atoms with Gasteiger partial charge < -0.3 is 15.0 Å². The molecule has 4 rings (SSSR count). The molecule has 29 heavy (non-hydrogen) atoms. The Balaban J connectivity index is 1.22. The van der Waals surface area contributed by atoms with E-state index in [-0.39, 0.29) is 5.92 Å². The molecular formula is C22H27N5OS. The lowest BCUT2D eigenvalue weighted by Crippen LogP contribution is -2.46. The summed E-state index contributed by atoms with van der Waals surface area (Å²) in [4.78, 5) is 14.1. The zero-order chi connectivity index (χ0) is 20.1. The van der Waals surface area contributed by atoms with Crippen molar-refractivity contribution in [2.75, 3.05) is 51.3 Å². The summed E-state index contributed by atoms with van der Waals surface area (Å²) >= 11 is 5.24. The van der Waals surface area contributed by atoms with Crippen molar-refractivity contribution in [3.8, 4) is 5.75 Å². The first kappa shape index (κ1) is 19.8. The summed E-state index contributed by atoms with van der Waals surface area (Å²) in [7, 11) is 1.70. The monoisotopic (exact) mass is 409 g/mol. The Labute approximate surface area is 177 Å². The van der Waals surface area contributed by atoms with Crippen molar-refractivity contribution in [3.05, 3.63) is 48.6 Å². The largest absolute Gasteiger partial charge is 0.497 e. The first-order chi connectivity index (χ1) is 14.2. The molecule has 152 valence electrons. The van der Waals surface area contributed by atoms with Crippen molar-refractivity contribution in [1.82, 2.24) is 10.2 Å². The molecule has 1 N–H and O–H groups in total. The van der Waals surface area contributed by atoms with Gasteiger partial charge in [-0.15, -0.1) is 0 Å². The quantitative estimate of drug-likeness (QED) is 0.578. The predicted octanol–water partition coefficient (Wildman–Crippen LogP) is 2.68. The molecule has 2 aliphatic heterocycles. The molecular weight excluding hydrogens is 382 g/mol. The van der Waals surface area contributed by atoms with Crippen molar-refractivity contribution in [2.24, 2.45) is 15.9 Å². The Morgan fingerprint density at radius 1 is 1.17 bits per heavy atom. The van der Waals surface area contributed by atoms with Gasteiger partial charge in [-0.3, -0.25) is 9.89 Å². The standard InChI is InChI=1S/C22H27N5OS/c1-28-18-9-7-17(8-10-18)27-15-13-26(14-16-27)12-4-11-23-21-19-5-2-3-6-20(19)24-22(29)25-21/h2-3,5-10,19H,4,11-16H2,1H3,(H,23,25,29). The van der Waals surface area contributed by atoms with E-state index in [1.54, 1.807) is 7.11 Å². The van der Waals surface area contributed by atoms with E-state index in [9.17, 15) is 0 Å². The van der Waals surface area contributed by atoms with Crippen LogP contribution in [0.4, 0.5) is 5.69 Å². The molecule has 1 atom stereocenters. The maximum absolute atomic E-state index is 5.24. The molecule has 0 spiro atoms. The lowest BCUT2D eigenvalue weighted by molar-refractivity contribution is 0.256. The fraction of sp³-hybridized carbons (Fsp3) is 0.409. The van der Waals surface area contributed by atoms with Crippen LogP contribution in [0.15, 0.2) is 58.6 Å². The maximum atomic E-state index is 5.24. The molecule has 1 unspecified atom stereocenters. The predicted molar refractivity (Wildman–Crippen MR) is 124 cm³/mol. The molecule has 0 radical (unpaired) electrons. The smallest absolute Gasteiger partial charge is 0.198 e. The first-order valence-electron chi connectivity index (χ1n) is 10.1. The molecule has 0 amide bonds. The highest BCUT2D eigenvalue weighted by Crippen LogP contribution is 2.20. The summed E-state index contributed by atoms with van der Waals surface area (Å²) in [5, 5.41) is 3.67. The third-order valence-corrected chi connectivity index (χ3v) is 5.68. The zero-order valence-corrected chi connectivity index (χ0v) is 17.6. The van der Waals surface area contributed by atoms with E-state index in [0.717, 1.165) is 63.0 Å². The van der Waals surface area contributed by atoms with Crippen LogP contribution in [0, 0.1) is 5.92 Å². The third kappa shape index (κ3) is 4.92. The summed E-state index contributed by atoms with van der Waals surface area (Å²) in [6.45, 7) is 6.13. The van der Waals surface area contributed by atoms with Gasteiger partial charge in [0.05, 0.1) is 18.7 Å². The summed E-state index contributed by atoms with van der Waals surface area (Å²) in [6, 6.07) is 8.33. The number of benzene rings is 1. The van der Waals surface area contributed by atoms with Crippen LogP contribution in [0.25, 0.3) is 0 Å². The van der Waals surface area contributed by atoms with E-state index in [1.807, 2.05) is 30.4 Å². The number of ether oxygens (including phenoxy) is 1. The highest BCUT2D eigenvalue weighted by Gasteiger charge is 2.25. The molecule has 1 saturated heterocycles. The van der Waals surface area contributed by atoms with E-state index in [4.69, 9.17) is 21.9 Å². The number of fused-ring (bicyclic) bond motifs is 1. The second kappa shape index (κ2) is 9.33. The number of amidine groups is 1. The Kier molecular flexibility index (Phi) is 6.36. The summed E-state index contributed by atoms with van der Waals surface area (Å²) in [6.07, 6.45) is 9.20. The average molecular weight is 410 g/mol. The maximum Gasteiger partial charge on any atom is 0.198 e. The van der Waals surface area contributed by atoms with Gasteiger partial charge in [-0.2, -0.15) is 0 Å². The number of hydrogen-bond donors (Lipinski definition) is 1. The molecule has 0 bridgehead atoms. The molecule has 0 saturated carbocycles. The number of aliphatic imine (C=N–C) groups is 2. The Hall–Kier alpha value is -2.51. The van der Waals surface area contributed by atoms with Crippen LogP contribution in [-0.2, 0) is 0 Å². The van der Waals surface area contributed by atoms with Crippen LogP contribution in [0.5, 0.6) is 5.75 Å². The Morgan fingerprint density at radius 3 is 2.72 bits per heavy atom. The third-order valence-electron chi connectivity index (χ3n) is 5.49. The van der Waals surface area contributed by atoms with Crippen LogP contribution in [-0.4, -0.2) is 67.9 Å². The number of thiocarbonyl (C=S) groups is 1. The highest BCUT2D eigenvalue weighted by molar-refractivity contribution is 7.80. The Morgan fingerprint density at radius 2 is 1.97 bits per heavy atom. The number of methoxy groups -OCH3 is 1. The molecule has 1 aliphatic carbocycles. The number of piperazine rings is 1. The number of anilines is 1. The van der Waals surface area contributed by atoms with Crippen LogP contribution in [0.2, 0.25) is 0 Å². The molecule has 1 aromatic carbocycles. The van der Waals surface area contributed by atoms with Crippen LogP contribution in [0.1, 0.15) is 6.42 Å². The minimum Gasteiger partial charge on any atom is -0.497 e. The Bertz CT molecular complexity index is 850.